The number of hydrogen-bond donors (Lipinski definition) is 0. The van der Waals surface area contributed by atoms with Crippen LogP contribution in [0.3, 0.4) is 0 Å². The highest BCUT2D eigenvalue weighted by Gasteiger charge is 2.05. The molecule has 1 heteroatoms. The van der Waals surface area contributed by atoms with Crippen molar-refractivity contribution in [3.63, 3.8) is 0 Å². The predicted octanol–water partition coefficient (Wildman–Crippen LogP) is 4.67. The molecule has 0 bridgehead atoms. The number of halogens is 1. The second kappa shape index (κ2) is 6.29. The van der Waals surface area contributed by atoms with Crippen molar-refractivity contribution in [2.75, 3.05) is 0 Å². The van der Waals surface area contributed by atoms with Crippen LogP contribution >= 0.6 is 11.6 Å². The van der Waals surface area contributed by atoms with Gasteiger partial charge in [-0.3, -0.25) is 0 Å². The predicted molar refractivity (Wildman–Crippen MR) is 67.9 cm³/mol. The quantitative estimate of drug-likeness (QED) is 0.477. The lowest BCUT2D eigenvalue weighted by molar-refractivity contribution is 0.964. The van der Waals surface area contributed by atoms with Gasteiger partial charge in [-0.25, -0.2) is 0 Å². The normalized spacial score (nSPS) is 15.3. The summed E-state index contributed by atoms with van der Waals surface area (Å²) in [5.41, 5.74) is 5.31. The fraction of sp³-hybridized carbons (Fsp3) is 0.214. The lowest BCUT2D eigenvalue weighted by Gasteiger charge is -2.09. The molecule has 0 amide bonds. The van der Waals surface area contributed by atoms with Crippen molar-refractivity contribution in [2.45, 2.75) is 19.8 Å². The molecular weight excluding hydrogens is 204 g/mol. The summed E-state index contributed by atoms with van der Waals surface area (Å²) < 4.78 is 0. The van der Waals surface area contributed by atoms with Crippen LogP contribution in [0.2, 0.25) is 0 Å². The molecule has 0 saturated heterocycles. The zero-order valence-corrected chi connectivity index (χ0v) is 9.72. The van der Waals surface area contributed by atoms with E-state index in [1.54, 1.807) is 0 Å². The first-order valence-electron chi connectivity index (χ1n) is 5.02. The van der Waals surface area contributed by atoms with Gasteiger partial charge < -0.3 is 0 Å². The van der Waals surface area contributed by atoms with Crippen LogP contribution in [0.5, 0.6) is 0 Å². The zero-order valence-electron chi connectivity index (χ0n) is 8.96. The van der Waals surface area contributed by atoms with Gasteiger partial charge in [0, 0.05) is 5.03 Å². The standard InChI is InChI=1S/C14H15Cl/c1-3-4-5-6-7-12(2)13-8-10-14(15)11-9-13/h3-5,7-8,10H,2,9,11H2,1H3/b4-3-. The summed E-state index contributed by atoms with van der Waals surface area (Å²) in [6.45, 7) is 5.97. The molecule has 0 aromatic rings. The minimum atomic E-state index is 0.916. The Bertz CT molecular complexity index is 386. The van der Waals surface area contributed by atoms with Crippen LogP contribution < -0.4 is 0 Å². The van der Waals surface area contributed by atoms with E-state index in [9.17, 15) is 0 Å². The first-order valence-corrected chi connectivity index (χ1v) is 5.40. The molecule has 0 fully saturated rings. The van der Waals surface area contributed by atoms with E-state index in [1.807, 2.05) is 43.4 Å². The monoisotopic (exact) mass is 218 g/mol. The first-order chi connectivity index (χ1) is 7.24. The van der Waals surface area contributed by atoms with Crippen LogP contribution in [0.25, 0.3) is 0 Å². The highest BCUT2D eigenvalue weighted by molar-refractivity contribution is 6.29. The molecule has 78 valence electrons. The van der Waals surface area contributed by atoms with Gasteiger partial charge in [-0.15, -0.1) is 5.73 Å². The van der Waals surface area contributed by atoms with Gasteiger partial charge >= 0.3 is 0 Å². The minimum absolute atomic E-state index is 0.916. The summed E-state index contributed by atoms with van der Waals surface area (Å²) >= 11 is 5.88. The Labute approximate surface area is 96.6 Å². The topological polar surface area (TPSA) is 0 Å². The fourth-order valence-corrected chi connectivity index (χ4v) is 1.43. The zero-order chi connectivity index (χ0) is 11.1. The van der Waals surface area contributed by atoms with Crippen molar-refractivity contribution in [2.24, 2.45) is 0 Å². The molecule has 0 aliphatic heterocycles. The summed E-state index contributed by atoms with van der Waals surface area (Å²) in [6, 6.07) is 0. The molecule has 0 aromatic heterocycles. The molecule has 0 N–H and O–H groups in total. The van der Waals surface area contributed by atoms with Gasteiger partial charge in [0.15, 0.2) is 0 Å². The van der Waals surface area contributed by atoms with E-state index in [0.29, 0.717) is 0 Å². The van der Waals surface area contributed by atoms with Crippen LogP contribution in [-0.4, -0.2) is 0 Å². The lowest BCUT2D eigenvalue weighted by atomic mass is 9.98. The fourth-order valence-electron chi connectivity index (χ4n) is 1.27. The summed E-state index contributed by atoms with van der Waals surface area (Å²) in [5.74, 6) is 0. The van der Waals surface area contributed by atoms with Crippen molar-refractivity contribution in [3.8, 4) is 0 Å². The molecule has 15 heavy (non-hydrogen) atoms. The van der Waals surface area contributed by atoms with Gasteiger partial charge in [0.25, 0.3) is 0 Å². The Balaban J connectivity index is 2.66. The number of rotatable bonds is 3. The molecule has 1 aliphatic carbocycles. The summed E-state index contributed by atoms with van der Waals surface area (Å²) in [5, 5.41) is 0.917. The SMILES string of the molecule is C=C(C=C=C/C=C\C)C1=CC=C(Cl)CC1. The van der Waals surface area contributed by atoms with E-state index < -0.39 is 0 Å². The molecule has 0 nitrogen and oxygen atoms in total. The molecular formula is C14H15Cl. The largest absolute Gasteiger partial charge is 0.120 e. The summed E-state index contributed by atoms with van der Waals surface area (Å²) in [4.78, 5) is 0. The van der Waals surface area contributed by atoms with E-state index in [4.69, 9.17) is 11.6 Å². The Morgan fingerprint density at radius 1 is 1.47 bits per heavy atom. The Morgan fingerprint density at radius 3 is 2.87 bits per heavy atom. The van der Waals surface area contributed by atoms with Gasteiger partial charge in [0.2, 0.25) is 0 Å². The minimum Gasteiger partial charge on any atom is -0.120 e. The first kappa shape index (κ1) is 11.8. The Kier molecular flexibility index (Phi) is 4.97. The Morgan fingerprint density at radius 2 is 2.27 bits per heavy atom. The molecule has 0 heterocycles. The highest BCUT2D eigenvalue weighted by Crippen LogP contribution is 2.25. The molecule has 0 radical (unpaired) electrons. The van der Waals surface area contributed by atoms with Crippen LogP contribution in [0.15, 0.2) is 64.9 Å². The lowest BCUT2D eigenvalue weighted by Crippen LogP contribution is -1.90. The maximum absolute atomic E-state index is 5.88. The van der Waals surface area contributed by atoms with Crippen molar-refractivity contribution < 1.29 is 0 Å². The second-order valence-electron chi connectivity index (χ2n) is 3.33. The molecule has 1 rings (SSSR count). The summed E-state index contributed by atoms with van der Waals surface area (Å²) in [6.07, 6.45) is 13.5. The van der Waals surface area contributed by atoms with Crippen LogP contribution in [0.1, 0.15) is 19.8 Å². The maximum atomic E-state index is 5.88. The van der Waals surface area contributed by atoms with Crippen molar-refractivity contribution in [1.29, 1.82) is 0 Å². The summed E-state index contributed by atoms with van der Waals surface area (Å²) in [7, 11) is 0. The van der Waals surface area contributed by atoms with Crippen molar-refractivity contribution in [3.05, 3.63) is 64.9 Å². The average Bonchev–Trinajstić information content (AvgIpc) is 2.25. The molecule has 0 spiro atoms. The number of allylic oxidation sites excluding steroid dienone is 8. The smallest absolute Gasteiger partial charge is 0.0184 e. The third-order valence-electron chi connectivity index (χ3n) is 2.15. The third-order valence-corrected chi connectivity index (χ3v) is 2.47. The molecule has 0 saturated carbocycles. The van der Waals surface area contributed by atoms with Gasteiger partial charge in [0.05, 0.1) is 0 Å². The van der Waals surface area contributed by atoms with E-state index in [2.05, 4.69) is 12.3 Å². The van der Waals surface area contributed by atoms with Crippen LogP contribution in [0, 0.1) is 0 Å². The van der Waals surface area contributed by atoms with E-state index >= 15 is 0 Å². The second-order valence-corrected chi connectivity index (χ2v) is 3.82. The molecule has 0 unspecified atom stereocenters. The average molecular weight is 219 g/mol. The third kappa shape index (κ3) is 4.20. The van der Waals surface area contributed by atoms with Crippen molar-refractivity contribution >= 4 is 11.6 Å². The molecule has 0 atom stereocenters. The van der Waals surface area contributed by atoms with Gasteiger partial charge in [0.1, 0.15) is 0 Å². The van der Waals surface area contributed by atoms with E-state index in [-0.39, 0.29) is 0 Å². The van der Waals surface area contributed by atoms with Gasteiger partial charge in [-0.1, -0.05) is 36.4 Å². The molecule has 1 aliphatic rings. The molecule has 0 aromatic carbocycles. The van der Waals surface area contributed by atoms with Gasteiger partial charge in [-0.2, -0.15) is 0 Å². The van der Waals surface area contributed by atoms with Crippen molar-refractivity contribution in [1.82, 2.24) is 0 Å². The van der Waals surface area contributed by atoms with E-state index in [1.165, 1.54) is 5.57 Å². The Hall–Kier alpha value is -1.23. The van der Waals surface area contributed by atoms with E-state index in [0.717, 1.165) is 23.4 Å². The highest BCUT2D eigenvalue weighted by atomic mass is 35.5. The maximum Gasteiger partial charge on any atom is 0.0184 e. The van der Waals surface area contributed by atoms with Crippen LogP contribution in [-0.2, 0) is 0 Å². The van der Waals surface area contributed by atoms with Crippen LogP contribution in [0.4, 0.5) is 0 Å². The van der Waals surface area contributed by atoms with Gasteiger partial charge in [-0.05, 0) is 49.1 Å². The number of hydrogen-bond acceptors (Lipinski definition) is 0.